The first-order valence-corrected chi connectivity index (χ1v) is 15.1. The van der Waals surface area contributed by atoms with Crippen LogP contribution in [-0.4, -0.2) is 108 Å². The summed E-state index contributed by atoms with van der Waals surface area (Å²) in [7, 11) is 0. The molecule has 246 valence electrons. The summed E-state index contributed by atoms with van der Waals surface area (Å²) in [5, 5.41) is 4.71. The van der Waals surface area contributed by atoms with Crippen molar-refractivity contribution >= 4 is 47.5 Å². The number of hydrogen-bond acceptors (Lipinski definition) is 14. The minimum atomic E-state index is -1.28. The maximum Gasteiger partial charge on any atom is 0.338 e. The third-order valence-electron chi connectivity index (χ3n) is 7.06. The Balaban J connectivity index is 1.73. The van der Waals surface area contributed by atoms with Gasteiger partial charge in [0.05, 0.1) is 23.5 Å². The average molecular weight is 653 g/mol. The third kappa shape index (κ3) is 8.71. The van der Waals surface area contributed by atoms with Crippen molar-refractivity contribution in [1.29, 1.82) is 0 Å². The second-order valence-electron chi connectivity index (χ2n) is 10.7. The van der Waals surface area contributed by atoms with Gasteiger partial charge in [-0.1, -0.05) is 18.2 Å². The van der Waals surface area contributed by atoms with Gasteiger partial charge < -0.3 is 43.8 Å². The predicted octanol–water partition coefficient (Wildman–Crippen LogP) is 0.230. The number of carbonyl (C=O) groups excluding carboxylic acids is 6. The molecule has 2 amide bonds. The molecular weight excluding hydrogens is 616 g/mol. The number of hydrogen-bond donors (Lipinski definition) is 2. The van der Waals surface area contributed by atoms with Crippen LogP contribution < -0.4 is 10.6 Å². The van der Waals surface area contributed by atoms with E-state index in [1.165, 1.54) is 20.8 Å². The number of fused-ring (bicyclic) bond motifs is 2. The zero-order chi connectivity index (χ0) is 32.8. The third-order valence-corrected chi connectivity index (χ3v) is 8.61. The van der Waals surface area contributed by atoms with Gasteiger partial charge in [-0.3, -0.25) is 24.0 Å². The molecule has 0 radical (unpaired) electrons. The number of amides is 2. The fourth-order valence-corrected chi connectivity index (χ4v) is 7.00. The van der Waals surface area contributed by atoms with Crippen LogP contribution in [0, 0.1) is 0 Å². The Labute approximate surface area is 263 Å². The second kappa shape index (κ2) is 15.0. The molecule has 15 nitrogen and oxygen atoms in total. The van der Waals surface area contributed by atoms with Crippen molar-refractivity contribution in [3.05, 3.63) is 35.9 Å². The lowest BCUT2D eigenvalue weighted by Crippen LogP contribution is -2.66. The molecule has 1 aromatic carbocycles. The molecule has 4 rings (SSSR count). The van der Waals surface area contributed by atoms with Crippen LogP contribution in [0.3, 0.4) is 0 Å². The van der Waals surface area contributed by atoms with Gasteiger partial charge in [0.15, 0.2) is 18.5 Å². The lowest BCUT2D eigenvalue weighted by Gasteiger charge is -2.47. The maximum atomic E-state index is 13.3. The van der Waals surface area contributed by atoms with Gasteiger partial charge in [0.2, 0.25) is 11.8 Å². The quantitative estimate of drug-likeness (QED) is 0.258. The topological polar surface area (TPSA) is 191 Å². The number of nitrogens with one attached hydrogen (secondary N) is 2. The van der Waals surface area contributed by atoms with Gasteiger partial charge in [-0.2, -0.15) is 0 Å². The smallest absolute Gasteiger partial charge is 0.338 e. The highest BCUT2D eigenvalue weighted by atomic mass is 32.2. The first kappa shape index (κ1) is 34.1. The summed E-state index contributed by atoms with van der Waals surface area (Å²) in [6.45, 7) is 5.72. The Bertz CT molecular complexity index is 1280. The molecule has 3 fully saturated rings. The Morgan fingerprint density at radius 2 is 1.40 bits per heavy atom. The van der Waals surface area contributed by atoms with Crippen molar-refractivity contribution in [3.8, 4) is 0 Å². The van der Waals surface area contributed by atoms with Gasteiger partial charge in [-0.25, -0.2) is 4.79 Å². The van der Waals surface area contributed by atoms with E-state index in [-0.39, 0.29) is 18.8 Å². The number of esters is 4. The van der Waals surface area contributed by atoms with Crippen LogP contribution in [0.15, 0.2) is 30.3 Å². The molecule has 0 saturated carbocycles. The van der Waals surface area contributed by atoms with Crippen LogP contribution in [0.2, 0.25) is 0 Å². The summed E-state index contributed by atoms with van der Waals surface area (Å²) in [5.41, 5.74) is -0.805. The zero-order valence-corrected chi connectivity index (χ0v) is 26.1. The summed E-state index contributed by atoms with van der Waals surface area (Å²) in [5.74, 6) is -3.71. The van der Waals surface area contributed by atoms with Crippen molar-refractivity contribution in [2.24, 2.45) is 0 Å². The van der Waals surface area contributed by atoms with E-state index in [4.69, 9.17) is 33.2 Å². The van der Waals surface area contributed by atoms with E-state index < -0.39 is 95.3 Å². The lowest BCUT2D eigenvalue weighted by molar-refractivity contribution is -0.212. The van der Waals surface area contributed by atoms with Crippen LogP contribution in [0.1, 0.15) is 45.0 Å². The van der Waals surface area contributed by atoms with Crippen LogP contribution >= 0.6 is 11.8 Å². The molecule has 10 atom stereocenters. The SMILES string of the molecule is CC(=O)N[C@@H]1[C@@H](OC(C)=O)[C@H](OC(C)=O)[C@@H](COC(C)=O)O[C@H]1S[C@H]1[C@H](OC(=O)c2ccccc2)[C@@H](NC(C)=O)[C@@H]2OC[C@H]1O2. The van der Waals surface area contributed by atoms with Crippen molar-refractivity contribution in [2.45, 2.75) is 94.2 Å². The van der Waals surface area contributed by atoms with Gasteiger partial charge in [0.1, 0.15) is 36.3 Å². The minimum absolute atomic E-state index is 0.0790. The molecule has 45 heavy (non-hydrogen) atoms. The molecule has 16 heteroatoms. The van der Waals surface area contributed by atoms with Crippen molar-refractivity contribution in [1.82, 2.24) is 10.6 Å². The number of thioether (sulfide) groups is 1. The second-order valence-corrected chi connectivity index (χ2v) is 11.9. The van der Waals surface area contributed by atoms with E-state index >= 15 is 0 Å². The van der Waals surface area contributed by atoms with Crippen LogP contribution in [0.5, 0.6) is 0 Å². The fraction of sp³-hybridized carbons (Fsp3) is 0.586. The van der Waals surface area contributed by atoms with Crippen LogP contribution in [0.25, 0.3) is 0 Å². The molecule has 3 aliphatic heterocycles. The van der Waals surface area contributed by atoms with Gasteiger partial charge in [0.25, 0.3) is 0 Å². The Morgan fingerprint density at radius 1 is 0.778 bits per heavy atom. The van der Waals surface area contributed by atoms with E-state index in [1.807, 2.05) is 0 Å². The Kier molecular flexibility index (Phi) is 11.4. The van der Waals surface area contributed by atoms with Gasteiger partial charge in [0, 0.05) is 34.6 Å². The maximum absolute atomic E-state index is 13.3. The summed E-state index contributed by atoms with van der Waals surface area (Å²) in [4.78, 5) is 74.0. The molecule has 0 unspecified atom stereocenters. The van der Waals surface area contributed by atoms with Crippen LogP contribution in [0.4, 0.5) is 0 Å². The van der Waals surface area contributed by atoms with E-state index in [9.17, 15) is 28.8 Å². The van der Waals surface area contributed by atoms with Gasteiger partial charge in [-0.05, 0) is 12.1 Å². The van der Waals surface area contributed by atoms with Gasteiger partial charge >= 0.3 is 23.9 Å². The summed E-state index contributed by atoms with van der Waals surface area (Å²) < 4.78 is 40.4. The standard InChI is InChI=1S/C29H36N2O13S/c1-13(32)30-21-25(44-27(37)18-9-7-6-8-10-18)26(20-12-39-28(21)42-20)45-29-22(31-14(2)33)24(41-17(5)36)23(40-16(4)35)19(43-29)11-38-15(3)34/h6-10,19-26,28-29H,11-12H2,1-5H3,(H,30,32)(H,31,33)/t19-,20-,21-,22-,23-,24-,25-,26-,28-,29+/m1/s1. The largest absolute Gasteiger partial charge is 0.463 e. The predicted molar refractivity (Wildman–Crippen MR) is 153 cm³/mol. The number of ether oxygens (including phenoxy) is 7. The van der Waals surface area contributed by atoms with Crippen LogP contribution in [-0.2, 0) is 57.1 Å². The molecule has 3 aliphatic rings. The highest BCUT2D eigenvalue weighted by Gasteiger charge is 2.57. The van der Waals surface area contributed by atoms with Crippen molar-refractivity contribution in [2.75, 3.05) is 13.2 Å². The first-order chi connectivity index (χ1) is 21.3. The molecule has 0 spiro atoms. The number of carbonyl (C=O) groups is 6. The van der Waals surface area contributed by atoms with Gasteiger partial charge in [-0.15, -0.1) is 11.8 Å². The monoisotopic (exact) mass is 652 g/mol. The molecule has 3 saturated heterocycles. The highest BCUT2D eigenvalue weighted by Crippen LogP contribution is 2.42. The average Bonchev–Trinajstić information content (AvgIpc) is 3.40. The van der Waals surface area contributed by atoms with E-state index in [2.05, 4.69) is 10.6 Å². The normalized spacial score (nSPS) is 32.0. The Hall–Kier alpha value is -3.73. The van der Waals surface area contributed by atoms with Crippen molar-refractivity contribution in [3.63, 3.8) is 0 Å². The Morgan fingerprint density at radius 3 is 2.00 bits per heavy atom. The molecule has 2 N–H and O–H groups in total. The summed E-state index contributed by atoms with van der Waals surface area (Å²) >= 11 is 1.07. The molecule has 1 aromatic rings. The minimum Gasteiger partial charge on any atom is -0.463 e. The molecular formula is C29H36N2O13S. The number of rotatable bonds is 10. The van der Waals surface area contributed by atoms with E-state index in [0.717, 1.165) is 25.6 Å². The molecule has 0 aliphatic carbocycles. The zero-order valence-electron chi connectivity index (χ0n) is 25.3. The summed E-state index contributed by atoms with van der Waals surface area (Å²) in [6, 6.07) is 6.22. The lowest BCUT2D eigenvalue weighted by atomic mass is 9.97. The first-order valence-electron chi connectivity index (χ1n) is 14.2. The number of benzene rings is 1. The highest BCUT2D eigenvalue weighted by molar-refractivity contribution is 8.00. The van der Waals surface area contributed by atoms with E-state index in [1.54, 1.807) is 30.3 Å². The molecule has 0 aromatic heterocycles. The summed E-state index contributed by atoms with van der Waals surface area (Å²) in [6.07, 6.45) is -6.30. The fourth-order valence-electron chi connectivity index (χ4n) is 5.39. The molecule has 2 bridgehead atoms. The van der Waals surface area contributed by atoms with E-state index in [0.29, 0.717) is 0 Å². The molecule has 3 heterocycles. The van der Waals surface area contributed by atoms with Crippen molar-refractivity contribution < 1.29 is 61.9 Å².